The van der Waals surface area contributed by atoms with Gasteiger partial charge in [0.25, 0.3) is 5.91 Å². The molecule has 24 heavy (non-hydrogen) atoms. The molecule has 0 saturated carbocycles. The second kappa shape index (κ2) is 7.64. The highest BCUT2D eigenvalue weighted by Crippen LogP contribution is 2.24. The van der Waals surface area contributed by atoms with Crippen molar-refractivity contribution in [2.24, 2.45) is 0 Å². The fourth-order valence-electron chi connectivity index (χ4n) is 2.28. The summed E-state index contributed by atoms with van der Waals surface area (Å²) in [5, 5.41) is 5.58. The summed E-state index contributed by atoms with van der Waals surface area (Å²) in [7, 11) is 0. The summed E-state index contributed by atoms with van der Waals surface area (Å²) in [5.41, 5.74) is 3.18. The van der Waals surface area contributed by atoms with Crippen LogP contribution in [0.1, 0.15) is 25.0 Å². The lowest BCUT2D eigenvalue weighted by atomic mass is 10.1. The standard InChI is InChI=1S/C19H22N2O3/c1-12-7-5-8-16(11-12)24-14(3)19(23)21-18-10-6-9-17(13(18)2)20-15(4)22/h5-11,14H,1-4H3,(H,20,22)(H,21,23). The Morgan fingerprint density at radius 2 is 1.62 bits per heavy atom. The predicted molar refractivity (Wildman–Crippen MR) is 95.4 cm³/mol. The molecule has 2 N–H and O–H groups in total. The summed E-state index contributed by atoms with van der Waals surface area (Å²) in [4.78, 5) is 23.6. The van der Waals surface area contributed by atoms with Gasteiger partial charge in [-0.15, -0.1) is 0 Å². The molecule has 0 aliphatic heterocycles. The number of aryl methyl sites for hydroxylation is 1. The van der Waals surface area contributed by atoms with Gasteiger partial charge in [0.1, 0.15) is 5.75 Å². The fourth-order valence-corrected chi connectivity index (χ4v) is 2.28. The summed E-state index contributed by atoms with van der Waals surface area (Å²) in [5.74, 6) is 0.249. The normalized spacial score (nSPS) is 11.5. The van der Waals surface area contributed by atoms with Crippen LogP contribution in [-0.2, 0) is 9.59 Å². The van der Waals surface area contributed by atoms with Crippen LogP contribution < -0.4 is 15.4 Å². The number of rotatable bonds is 5. The van der Waals surface area contributed by atoms with Crippen LogP contribution in [-0.4, -0.2) is 17.9 Å². The number of ether oxygens (including phenoxy) is 1. The van der Waals surface area contributed by atoms with Crippen molar-refractivity contribution < 1.29 is 14.3 Å². The van der Waals surface area contributed by atoms with Crippen LogP contribution in [0.5, 0.6) is 5.75 Å². The summed E-state index contributed by atoms with van der Waals surface area (Å²) < 4.78 is 5.68. The van der Waals surface area contributed by atoms with Crippen molar-refractivity contribution in [1.82, 2.24) is 0 Å². The SMILES string of the molecule is CC(=O)Nc1cccc(NC(=O)C(C)Oc2cccc(C)c2)c1C. The number of hydrogen-bond donors (Lipinski definition) is 2. The molecule has 0 heterocycles. The Morgan fingerprint density at radius 1 is 1.00 bits per heavy atom. The third-order valence-corrected chi connectivity index (χ3v) is 3.57. The average Bonchev–Trinajstić information content (AvgIpc) is 2.50. The second-order valence-electron chi connectivity index (χ2n) is 5.73. The van der Waals surface area contributed by atoms with Crippen LogP contribution in [0.2, 0.25) is 0 Å². The number of hydrogen-bond acceptors (Lipinski definition) is 3. The number of benzene rings is 2. The van der Waals surface area contributed by atoms with Gasteiger partial charge < -0.3 is 15.4 Å². The zero-order valence-corrected chi connectivity index (χ0v) is 14.3. The minimum atomic E-state index is -0.643. The largest absolute Gasteiger partial charge is 0.481 e. The zero-order valence-electron chi connectivity index (χ0n) is 14.3. The molecule has 0 bridgehead atoms. The third-order valence-electron chi connectivity index (χ3n) is 3.57. The Bertz CT molecular complexity index is 756. The topological polar surface area (TPSA) is 67.4 Å². The summed E-state index contributed by atoms with van der Waals surface area (Å²) >= 11 is 0. The van der Waals surface area contributed by atoms with Gasteiger partial charge in [-0.2, -0.15) is 0 Å². The fraction of sp³-hybridized carbons (Fsp3) is 0.263. The van der Waals surface area contributed by atoms with Gasteiger partial charge >= 0.3 is 0 Å². The first-order chi connectivity index (χ1) is 11.4. The molecule has 5 nitrogen and oxygen atoms in total. The van der Waals surface area contributed by atoms with Crippen molar-refractivity contribution in [1.29, 1.82) is 0 Å². The lowest BCUT2D eigenvalue weighted by molar-refractivity contribution is -0.122. The molecule has 0 fully saturated rings. The maximum atomic E-state index is 12.4. The Morgan fingerprint density at radius 3 is 2.25 bits per heavy atom. The van der Waals surface area contributed by atoms with Crippen LogP contribution >= 0.6 is 0 Å². The van der Waals surface area contributed by atoms with E-state index < -0.39 is 6.10 Å². The van der Waals surface area contributed by atoms with Gasteiger partial charge in [-0.1, -0.05) is 18.2 Å². The van der Waals surface area contributed by atoms with E-state index in [1.165, 1.54) is 6.92 Å². The second-order valence-corrected chi connectivity index (χ2v) is 5.73. The van der Waals surface area contributed by atoms with Crippen molar-refractivity contribution in [2.45, 2.75) is 33.8 Å². The molecule has 0 radical (unpaired) electrons. The first-order valence-electron chi connectivity index (χ1n) is 7.78. The van der Waals surface area contributed by atoms with E-state index in [0.29, 0.717) is 17.1 Å². The highest BCUT2D eigenvalue weighted by Gasteiger charge is 2.16. The van der Waals surface area contributed by atoms with E-state index in [1.807, 2.05) is 38.1 Å². The van der Waals surface area contributed by atoms with E-state index in [0.717, 1.165) is 11.1 Å². The summed E-state index contributed by atoms with van der Waals surface area (Å²) in [6.07, 6.45) is -0.643. The monoisotopic (exact) mass is 326 g/mol. The van der Waals surface area contributed by atoms with Crippen LogP contribution in [0, 0.1) is 13.8 Å². The van der Waals surface area contributed by atoms with Gasteiger partial charge in [-0.25, -0.2) is 0 Å². The van der Waals surface area contributed by atoms with E-state index in [1.54, 1.807) is 25.1 Å². The first-order valence-corrected chi connectivity index (χ1v) is 7.78. The zero-order chi connectivity index (χ0) is 17.7. The van der Waals surface area contributed by atoms with E-state index in [9.17, 15) is 9.59 Å². The van der Waals surface area contributed by atoms with Gasteiger partial charge in [0.05, 0.1) is 0 Å². The first kappa shape index (κ1) is 17.5. The van der Waals surface area contributed by atoms with Gasteiger partial charge in [0.15, 0.2) is 6.10 Å². The number of nitrogens with one attached hydrogen (secondary N) is 2. The average molecular weight is 326 g/mol. The van der Waals surface area contributed by atoms with E-state index >= 15 is 0 Å². The molecule has 2 aromatic rings. The highest BCUT2D eigenvalue weighted by atomic mass is 16.5. The molecular weight excluding hydrogens is 304 g/mol. The maximum Gasteiger partial charge on any atom is 0.265 e. The van der Waals surface area contributed by atoms with Crippen LogP contribution in [0.15, 0.2) is 42.5 Å². The summed E-state index contributed by atoms with van der Waals surface area (Å²) in [6, 6.07) is 12.9. The predicted octanol–water partition coefficient (Wildman–Crippen LogP) is 3.67. The van der Waals surface area contributed by atoms with Crippen molar-refractivity contribution in [3.8, 4) is 5.75 Å². The number of anilines is 2. The molecule has 2 rings (SSSR count). The van der Waals surface area contributed by atoms with Crippen molar-refractivity contribution >= 4 is 23.2 Å². The van der Waals surface area contributed by atoms with Gasteiger partial charge in [-0.05, 0) is 56.2 Å². The lowest BCUT2D eigenvalue weighted by Crippen LogP contribution is -2.30. The Kier molecular flexibility index (Phi) is 5.58. The molecule has 0 aliphatic rings. The summed E-state index contributed by atoms with van der Waals surface area (Å²) in [6.45, 7) is 6.95. The van der Waals surface area contributed by atoms with E-state index in [2.05, 4.69) is 10.6 Å². The number of carbonyl (C=O) groups excluding carboxylic acids is 2. The van der Waals surface area contributed by atoms with Crippen LogP contribution in [0.25, 0.3) is 0 Å². The molecule has 0 aromatic heterocycles. The Balaban J connectivity index is 2.07. The highest BCUT2D eigenvalue weighted by molar-refractivity contribution is 5.97. The van der Waals surface area contributed by atoms with Crippen molar-refractivity contribution in [3.05, 3.63) is 53.6 Å². The third kappa shape index (κ3) is 4.59. The van der Waals surface area contributed by atoms with Crippen molar-refractivity contribution in [2.75, 3.05) is 10.6 Å². The maximum absolute atomic E-state index is 12.4. The van der Waals surface area contributed by atoms with E-state index in [4.69, 9.17) is 4.74 Å². The molecule has 2 amide bonds. The Labute approximate surface area is 142 Å². The molecule has 0 aliphatic carbocycles. The quantitative estimate of drug-likeness (QED) is 0.881. The van der Waals surface area contributed by atoms with Gasteiger partial charge in [0.2, 0.25) is 5.91 Å². The lowest BCUT2D eigenvalue weighted by Gasteiger charge is -2.17. The van der Waals surface area contributed by atoms with Gasteiger partial charge in [-0.3, -0.25) is 9.59 Å². The Hall–Kier alpha value is -2.82. The smallest absolute Gasteiger partial charge is 0.265 e. The minimum absolute atomic E-state index is 0.155. The molecule has 0 spiro atoms. The van der Waals surface area contributed by atoms with Gasteiger partial charge in [0, 0.05) is 18.3 Å². The van der Waals surface area contributed by atoms with E-state index in [-0.39, 0.29) is 11.8 Å². The minimum Gasteiger partial charge on any atom is -0.481 e. The van der Waals surface area contributed by atoms with Crippen molar-refractivity contribution in [3.63, 3.8) is 0 Å². The molecule has 0 saturated heterocycles. The molecular formula is C19H22N2O3. The number of amides is 2. The molecule has 126 valence electrons. The molecule has 1 unspecified atom stereocenters. The molecule has 1 atom stereocenters. The molecule has 5 heteroatoms. The van der Waals surface area contributed by atoms with Crippen LogP contribution in [0.3, 0.4) is 0 Å². The molecule has 2 aromatic carbocycles. The van der Waals surface area contributed by atoms with Crippen LogP contribution in [0.4, 0.5) is 11.4 Å². The number of carbonyl (C=O) groups is 2.